The summed E-state index contributed by atoms with van der Waals surface area (Å²) in [6.07, 6.45) is 3.29. The van der Waals surface area contributed by atoms with Crippen molar-refractivity contribution in [3.63, 3.8) is 0 Å². The first-order valence-electron chi connectivity index (χ1n) is 7.22. The minimum Gasteiger partial charge on any atom is -0.350 e. The van der Waals surface area contributed by atoms with Crippen LogP contribution in [0, 0.1) is 5.82 Å². The molecule has 0 spiro atoms. The van der Waals surface area contributed by atoms with E-state index >= 15 is 0 Å². The van der Waals surface area contributed by atoms with Gasteiger partial charge < -0.3 is 10.2 Å². The summed E-state index contributed by atoms with van der Waals surface area (Å²) in [5.74, 6) is -0.871. The number of aromatic nitrogens is 2. The van der Waals surface area contributed by atoms with E-state index in [1.54, 1.807) is 44.6 Å². The number of nitrogens with one attached hydrogen (secondary N) is 1. The topological polar surface area (TPSA) is 67.2 Å². The van der Waals surface area contributed by atoms with Crippen LogP contribution in [0.15, 0.2) is 42.7 Å². The first-order chi connectivity index (χ1) is 11.0. The third kappa shape index (κ3) is 4.64. The van der Waals surface area contributed by atoms with Crippen molar-refractivity contribution >= 4 is 11.8 Å². The van der Waals surface area contributed by atoms with Gasteiger partial charge in [-0.2, -0.15) is 5.10 Å². The minimum atomic E-state index is -0.481. The Morgan fingerprint density at radius 1 is 1.39 bits per heavy atom. The second-order valence-corrected chi connectivity index (χ2v) is 5.26. The number of halogens is 1. The number of rotatable bonds is 6. The molecule has 0 saturated carbocycles. The van der Waals surface area contributed by atoms with Crippen LogP contribution in [0.25, 0.3) is 0 Å². The van der Waals surface area contributed by atoms with E-state index in [0.717, 1.165) is 0 Å². The molecule has 0 bridgehead atoms. The van der Waals surface area contributed by atoms with Gasteiger partial charge in [0.2, 0.25) is 11.8 Å². The number of carbonyl (C=O) groups is 2. The van der Waals surface area contributed by atoms with E-state index in [2.05, 4.69) is 10.4 Å². The average molecular weight is 318 g/mol. The molecule has 1 unspecified atom stereocenters. The summed E-state index contributed by atoms with van der Waals surface area (Å²) < 4.78 is 14.6. The molecule has 0 aliphatic carbocycles. The van der Waals surface area contributed by atoms with Gasteiger partial charge in [0.1, 0.15) is 11.9 Å². The van der Waals surface area contributed by atoms with Gasteiger partial charge >= 0.3 is 0 Å². The molecular weight excluding hydrogens is 299 g/mol. The van der Waals surface area contributed by atoms with Crippen molar-refractivity contribution < 1.29 is 14.0 Å². The standard InChI is InChI=1S/C16H19FN4O2/c1-12(21-8-4-7-19-21)16(23)20(2)11-15(22)18-10-13-5-3-6-14(17)9-13/h3-9,12H,10-11H2,1-2H3,(H,18,22). The van der Waals surface area contributed by atoms with Gasteiger partial charge in [0, 0.05) is 26.0 Å². The predicted molar refractivity (Wildman–Crippen MR) is 82.8 cm³/mol. The Hall–Kier alpha value is -2.70. The Morgan fingerprint density at radius 3 is 2.83 bits per heavy atom. The highest BCUT2D eigenvalue weighted by atomic mass is 19.1. The van der Waals surface area contributed by atoms with Crippen LogP contribution < -0.4 is 5.32 Å². The van der Waals surface area contributed by atoms with Gasteiger partial charge in [0.05, 0.1) is 6.54 Å². The summed E-state index contributed by atoms with van der Waals surface area (Å²) in [6, 6.07) is 7.25. The van der Waals surface area contributed by atoms with Crippen molar-refractivity contribution in [3.8, 4) is 0 Å². The zero-order chi connectivity index (χ0) is 16.8. The van der Waals surface area contributed by atoms with Crippen molar-refractivity contribution in [1.29, 1.82) is 0 Å². The van der Waals surface area contributed by atoms with Crippen LogP contribution in [0.4, 0.5) is 4.39 Å². The molecule has 2 amide bonds. The van der Waals surface area contributed by atoms with E-state index in [1.165, 1.54) is 21.7 Å². The van der Waals surface area contributed by atoms with E-state index in [-0.39, 0.29) is 30.7 Å². The number of hydrogen-bond acceptors (Lipinski definition) is 3. The van der Waals surface area contributed by atoms with E-state index < -0.39 is 6.04 Å². The van der Waals surface area contributed by atoms with Gasteiger partial charge in [-0.15, -0.1) is 0 Å². The Labute approximate surface area is 133 Å². The lowest BCUT2D eigenvalue weighted by molar-refractivity contribution is -0.137. The van der Waals surface area contributed by atoms with Crippen LogP contribution in [-0.4, -0.2) is 40.1 Å². The average Bonchev–Trinajstić information content (AvgIpc) is 3.06. The molecule has 1 heterocycles. The monoisotopic (exact) mass is 318 g/mol. The van der Waals surface area contributed by atoms with Crippen LogP contribution in [0.1, 0.15) is 18.5 Å². The van der Waals surface area contributed by atoms with Gasteiger partial charge in [0.25, 0.3) is 0 Å². The molecular formula is C16H19FN4O2. The Bertz CT molecular complexity index is 672. The molecule has 0 saturated heterocycles. The summed E-state index contributed by atoms with van der Waals surface area (Å²) in [6.45, 7) is 1.86. The molecule has 0 fully saturated rings. The SMILES string of the molecule is CC(C(=O)N(C)CC(=O)NCc1cccc(F)c1)n1cccn1. The van der Waals surface area contributed by atoms with E-state index in [1.807, 2.05) is 0 Å². The lowest BCUT2D eigenvalue weighted by Gasteiger charge is -2.21. The molecule has 7 heteroatoms. The first kappa shape index (κ1) is 16.7. The normalized spacial score (nSPS) is 11.8. The van der Waals surface area contributed by atoms with Crippen LogP contribution in [0.5, 0.6) is 0 Å². The number of benzene rings is 1. The quantitative estimate of drug-likeness (QED) is 0.874. The van der Waals surface area contributed by atoms with Crippen LogP contribution in [0.3, 0.4) is 0 Å². The third-order valence-corrected chi connectivity index (χ3v) is 3.41. The zero-order valence-corrected chi connectivity index (χ0v) is 13.1. The fraction of sp³-hybridized carbons (Fsp3) is 0.312. The highest BCUT2D eigenvalue weighted by Crippen LogP contribution is 2.07. The first-order valence-corrected chi connectivity index (χ1v) is 7.22. The van der Waals surface area contributed by atoms with E-state index in [0.29, 0.717) is 5.56 Å². The summed E-state index contributed by atoms with van der Waals surface area (Å²) in [4.78, 5) is 25.5. The van der Waals surface area contributed by atoms with Crippen molar-refractivity contribution in [1.82, 2.24) is 20.0 Å². The summed E-state index contributed by atoms with van der Waals surface area (Å²) in [5.41, 5.74) is 0.664. The highest BCUT2D eigenvalue weighted by molar-refractivity contribution is 5.86. The Kier molecular flexibility index (Phi) is 5.46. The summed E-state index contributed by atoms with van der Waals surface area (Å²) in [7, 11) is 1.56. The van der Waals surface area contributed by atoms with Crippen LogP contribution >= 0.6 is 0 Å². The van der Waals surface area contributed by atoms with Crippen molar-refractivity contribution in [2.24, 2.45) is 0 Å². The lowest BCUT2D eigenvalue weighted by Crippen LogP contribution is -2.40. The molecule has 0 aliphatic heterocycles. The fourth-order valence-electron chi connectivity index (χ4n) is 2.14. The Morgan fingerprint density at radius 2 is 2.17 bits per heavy atom. The molecule has 6 nitrogen and oxygen atoms in total. The van der Waals surface area contributed by atoms with Gasteiger partial charge in [-0.1, -0.05) is 12.1 Å². The lowest BCUT2D eigenvalue weighted by atomic mass is 10.2. The minimum absolute atomic E-state index is 0.0697. The number of amides is 2. The molecule has 2 aromatic rings. The zero-order valence-electron chi connectivity index (χ0n) is 13.1. The molecule has 1 aromatic heterocycles. The van der Waals surface area contributed by atoms with Crippen molar-refractivity contribution in [3.05, 3.63) is 54.1 Å². The van der Waals surface area contributed by atoms with Gasteiger partial charge in [-0.05, 0) is 30.7 Å². The van der Waals surface area contributed by atoms with Crippen LogP contribution in [0.2, 0.25) is 0 Å². The maximum atomic E-state index is 13.1. The smallest absolute Gasteiger partial charge is 0.247 e. The summed E-state index contributed by atoms with van der Waals surface area (Å²) in [5, 5.41) is 6.68. The van der Waals surface area contributed by atoms with Crippen LogP contribution in [-0.2, 0) is 16.1 Å². The van der Waals surface area contributed by atoms with Gasteiger partial charge in [0.15, 0.2) is 0 Å². The molecule has 2 rings (SSSR count). The largest absolute Gasteiger partial charge is 0.350 e. The van der Waals surface area contributed by atoms with Gasteiger partial charge in [-0.25, -0.2) is 4.39 Å². The maximum absolute atomic E-state index is 13.1. The molecule has 1 atom stereocenters. The molecule has 0 radical (unpaired) electrons. The van der Waals surface area contributed by atoms with Crippen molar-refractivity contribution in [2.75, 3.05) is 13.6 Å². The second kappa shape index (κ2) is 7.53. The third-order valence-electron chi connectivity index (χ3n) is 3.41. The summed E-state index contributed by atoms with van der Waals surface area (Å²) >= 11 is 0. The maximum Gasteiger partial charge on any atom is 0.247 e. The van der Waals surface area contributed by atoms with Gasteiger partial charge in [-0.3, -0.25) is 14.3 Å². The molecule has 1 N–H and O–H groups in total. The number of likely N-dealkylation sites (N-methyl/N-ethyl adjacent to an activating group) is 1. The fourth-order valence-corrected chi connectivity index (χ4v) is 2.14. The molecule has 122 valence electrons. The number of hydrogen-bond donors (Lipinski definition) is 1. The molecule has 1 aromatic carbocycles. The number of nitrogens with zero attached hydrogens (tertiary/aromatic N) is 3. The second-order valence-electron chi connectivity index (χ2n) is 5.26. The predicted octanol–water partition coefficient (Wildman–Crippen LogP) is 1.36. The Balaban J connectivity index is 1.83. The van der Waals surface area contributed by atoms with E-state index in [9.17, 15) is 14.0 Å². The molecule has 23 heavy (non-hydrogen) atoms. The molecule has 0 aliphatic rings. The number of carbonyl (C=O) groups excluding carboxylic acids is 2. The highest BCUT2D eigenvalue weighted by Gasteiger charge is 2.20. The van der Waals surface area contributed by atoms with E-state index in [4.69, 9.17) is 0 Å². The van der Waals surface area contributed by atoms with Crippen molar-refractivity contribution in [2.45, 2.75) is 19.5 Å².